The van der Waals surface area contributed by atoms with Crippen molar-refractivity contribution in [2.45, 2.75) is 0 Å². The van der Waals surface area contributed by atoms with Gasteiger partial charge in [0.2, 0.25) is 0 Å². The van der Waals surface area contributed by atoms with Gasteiger partial charge in [-0.1, -0.05) is 188 Å². The van der Waals surface area contributed by atoms with Crippen LogP contribution in [0.25, 0.3) is 98.7 Å². The fourth-order valence-corrected chi connectivity index (χ4v) is 8.23. The van der Waals surface area contributed by atoms with Crippen molar-refractivity contribution in [1.29, 1.82) is 0 Å². The van der Waals surface area contributed by atoms with E-state index in [4.69, 9.17) is 0 Å². The van der Waals surface area contributed by atoms with Gasteiger partial charge in [-0.2, -0.15) is 0 Å². The van der Waals surface area contributed by atoms with Crippen molar-refractivity contribution in [3.8, 4) is 55.6 Å². The van der Waals surface area contributed by atoms with E-state index in [1.165, 1.54) is 98.7 Å². The van der Waals surface area contributed by atoms with Gasteiger partial charge in [0.1, 0.15) is 0 Å². The second-order valence-electron chi connectivity index (χ2n) is 13.6. The minimum absolute atomic E-state index is 1.20. The van der Waals surface area contributed by atoms with Gasteiger partial charge in [-0.15, -0.1) is 0 Å². The molecule has 0 aliphatic carbocycles. The fraction of sp³-hybridized carbons (Fsp3) is 0. The Kier molecular flexibility index (Phi) is 7.25. The first-order valence-corrected chi connectivity index (χ1v) is 18.0. The van der Waals surface area contributed by atoms with Crippen LogP contribution >= 0.6 is 0 Å². The van der Waals surface area contributed by atoms with E-state index in [1.54, 1.807) is 0 Å². The zero-order chi connectivity index (χ0) is 34.4. The topological polar surface area (TPSA) is 0 Å². The maximum absolute atomic E-state index is 2.43. The predicted molar refractivity (Wildman–Crippen MR) is 224 cm³/mol. The lowest BCUT2D eigenvalue weighted by atomic mass is 9.83. The SMILES string of the molecule is c1ccc(-c2cccc(-c3ccc4c(-c5cccc6ccccc56)c5ccccc5c(-c5cccc(-c6cccc7ccccc67)c5)c4c3)c2)cc1. The molecule has 52 heavy (non-hydrogen) atoms. The van der Waals surface area contributed by atoms with Crippen LogP contribution in [0.1, 0.15) is 0 Å². The van der Waals surface area contributed by atoms with Gasteiger partial charge in [0.05, 0.1) is 0 Å². The number of rotatable bonds is 5. The van der Waals surface area contributed by atoms with Crippen LogP contribution < -0.4 is 0 Å². The highest BCUT2D eigenvalue weighted by Crippen LogP contribution is 2.47. The third kappa shape index (κ3) is 5.08. The van der Waals surface area contributed by atoms with Crippen LogP contribution in [0, 0.1) is 0 Å². The molecule has 0 atom stereocenters. The zero-order valence-electron chi connectivity index (χ0n) is 28.6. The Balaban J connectivity index is 1.28. The van der Waals surface area contributed by atoms with E-state index in [0.29, 0.717) is 0 Å². The molecule has 0 spiro atoms. The summed E-state index contributed by atoms with van der Waals surface area (Å²) in [6.07, 6.45) is 0. The lowest BCUT2D eigenvalue weighted by molar-refractivity contribution is 1.60. The Morgan fingerprint density at radius 3 is 1.37 bits per heavy atom. The molecule has 0 heteroatoms. The highest BCUT2D eigenvalue weighted by Gasteiger charge is 2.19. The van der Waals surface area contributed by atoms with E-state index in [2.05, 4.69) is 206 Å². The quantitative estimate of drug-likeness (QED) is 0.161. The van der Waals surface area contributed by atoms with Gasteiger partial charge in [0.15, 0.2) is 0 Å². The van der Waals surface area contributed by atoms with Gasteiger partial charge in [-0.3, -0.25) is 0 Å². The normalized spacial score (nSPS) is 11.5. The third-order valence-electron chi connectivity index (χ3n) is 10.6. The molecule has 0 bridgehead atoms. The van der Waals surface area contributed by atoms with E-state index in [-0.39, 0.29) is 0 Å². The molecule has 0 nitrogen and oxygen atoms in total. The van der Waals surface area contributed by atoms with Crippen LogP contribution in [0.15, 0.2) is 206 Å². The van der Waals surface area contributed by atoms with Crippen molar-refractivity contribution in [2.24, 2.45) is 0 Å². The van der Waals surface area contributed by atoms with Crippen molar-refractivity contribution in [2.75, 3.05) is 0 Å². The summed E-state index contributed by atoms with van der Waals surface area (Å²) in [4.78, 5) is 0. The third-order valence-corrected chi connectivity index (χ3v) is 10.6. The van der Waals surface area contributed by atoms with E-state index in [9.17, 15) is 0 Å². The molecule has 0 unspecified atom stereocenters. The minimum atomic E-state index is 1.20. The summed E-state index contributed by atoms with van der Waals surface area (Å²) in [5.41, 5.74) is 12.3. The minimum Gasteiger partial charge on any atom is -0.0622 e. The van der Waals surface area contributed by atoms with Gasteiger partial charge in [0, 0.05) is 0 Å². The molecule has 0 heterocycles. The molecular weight excluding hydrogens is 625 g/mol. The molecule has 0 N–H and O–H groups in total. The summed E-state index contributed by atoms with van der Waals surface area (Å²) in [5.74, 6) is 0. The maximum Gasteiger partial charge on any atom is -0.00201 e. The van der Waals surface area contributed by atoms with Crippen molar-refractivity contribution >= 4 is 43.1 Å². The van der Waals surface area contributed by atoms with Gasteiger partial charge >= 0.3 is 0 Å². The summed E-state index contributed by atoms with van der Waals surface area (Å²) >= 11 is 0. The Morgan fingerprint density at radius 2 is 0.635 bits per heavy atom. The largest absolute Gasteiger partial charge is 0.0622 e. The summed E-state index contributed by atoms with van der Waals surface area (Å²) in [6, 6.07) is 75.6. The first-order chi connectivity index (χ1) is 25.8. The van der Waals surface area contributed by atoms with E-state index < -0.39 is 0 Å². The molecule has 242 valence electrons. The average molecular weight is 659 g/mol. The molecule has 0 fully saturated rings. The van der Waals surface area contributed by atoms with E-state index in [0.717, 1.165) is 0 Å². The Hall–Kier alpha value is -6.76. The standard InChI is InChI=1S/C52H34/c1-2-14-35(15-3-1)38-20-10-21-39(32-38)40-30-31-49-50(34-40)51(42-23-11-22-41(33-42)45-28-12-18-36-16-4-6-24-43(36)45)47-26-8-9-27-48(47)52(49)46-29-13-19-37-17-5-7-25-44(37)46/h1-34H. The van der Waals surface area contributed by atoms with E-state index >= 15 is 0 Å². The molecule has 10 aromatic rings. The van der Waals surface area contributed by atoms with Crippen LogP contribution in [0.3, 0.4) is 0 Å². The molecular formula is C52H34. The Labute approximate surface area is 303 Å². The first kappa shape index (κ1) is 30.1. The molecule has 0 aliphatic heterocycles. The smallest absolute Gasteiger partial charge is 0.00201 e. The van der Waals surface area contributed by atoms with Crippen molar-refractivity contribution in [1.82, 2.24) is 0 Å². The molecule has 0 amide bonds. The van der Waals surface area contributed by atoms with Crippen molar-refractivity contribution in [3.63, 3.8) is 0 Å². The number of hydrogen-bond donors (Lipinski definition) is 0. The number of benzene rings is 10. The van der Waals surface area contributed by atoms with E-state index in [1.807, 2.05) is 0 Å². The van der Waals surface area contributed by atoms with Crippen LogP contribution in [0.4, 0.5) is 0 Å². The second kappa shape index (κ2) is 12.5. The molecule has 0 aromatic heterocycles. The summed E-state index contributed by atoms with van der Waals surface area (Å²) in [6.45, 7) is 0. The highest BCUT2D eigenvalue weighted by molar-refractivity contribution is 6.24. The van der Waals surface area contributed by atoms with Gasteiger partial charge in [-0.25, -0.2) is 0 Å². The molecule has 0 saturated carbocycles. The predicted octanol–water partition coefficient (Wildman–Crippen LogP) is 14.6. The number of fused-ring (bicyclic) bond motifs is 4. The average Bonchev–Trinajstić information content (AvgIpc) is 3.22. The molecule has 0 saturated heterocycles. The van der Waals surface area contributed by atoms with Gasteiger partial charge < -0.3 is 0 Å². The van der Waals surface area contributed by atoms with Crippen molar-refractivity contribution in [3.05, 3.63) is 206 Å². The van der Waals surface area contributed by atoms with Gasteiger partial charge in [-0.05, 0) is 117 Å². The molecule has 10 aromatic carbocycles. The highest BCUT2D eigenvalue weighted by atomic mass is 14.2. The molecule has 0 radical (unpaired) electrons. The maximum atomic E-state index is 2.43. The van der Waals surface area contributed by atoms with Gasteiger partial charge in [0.25, 0.3) is 0 Å². The number of hydrogen-bond acceptors (Lipinski definition) is 0. The summed E-state index contributed by atoms with van der Waals surface area (Å²) < 4.78 is 0. The lowest BCUT2D eigenvalue weighted by Gasteiger charge is -2.20. The first-order valence-electron chi connectivity index (χ1n) is 18.0. The zero-order valence-corrected chi connectivity index (χ0v) is 28.6. The van der Waals surface area contributed by atoms with Crippen LogP contribution in [-0.2, 0) is 0 Å². The lowest BCUT2D eigenvalue weighted by Crippen LogP contribution is -1.93. The fourth-order valence-electron chi connectivity index (χ4n) is 8.23. The summed E-state index contributed by atoms with van der Waals surface area (Å²) in [5, 5.41) is 10.0. The molecule has 0 aliphatic rings. The van der Waals surface area contributed by atoms with Crippen LogP contribution in [0.2, 0.25) is 0 Å². The monoisotopic (exact) mass is 658 g/mol. The van der Waals surface area contributed by atoms with Crippen molar-refractivity contribution < 1.29 is 0 Å². The Bertz CT molecular complexity index is 2940. The Morgan fingerprint density at radius 1 is 0.192 bits per heavy atom. The second-order valence-corrected chi connectivity index (χ2v) is 13.6. The molecule has 10 rings (SSSR count). The summed E-state index contributed by atoms with van der Waals surface area (Å²) in [7, 11) is 0. The van der Waals surface area contributed by atoms with Crippen LogP contribution in [0.5, 0.6) is 0 Å². The van der Waals surface area contributed by atoms with Crippen LogP contribution in [-0.4, -0.2) is 0 Å².